The molecule has 1 aromatic carbocycles. The van der Waals surface area contributed by atoms with Gasteiger partial charge in [0, 0.05) is 31.8 Å². The second kappa shape index (κ2) is 13.9. The SMILES string of the molecule is C=CC(=O)NCCCCNc1cc([N+](=O)[O-])cc(S(=O)(=O)O)c1OCCCCNC(=O)C=C. The molecule has 0 unspecified atom stereocenters. The molecule has 13 heteroatoms. The molecule has 0 spiro atoms. The fraction of sp³-hybridized carbons (Fsp3) is 0.400. The summed E-state index contributed by atoms with van der Waals surface area (Å²) in [7, 11) is -4.82. The van der Waals surface area contributed by atoms with Gasteiger partial charge >= 0.3 is 0 Å². The number of nitro groups is 1. The molecular formula is C20H28N4O8S. The summed E-state index contributed by atoms with van der Waals surface area (Å²) < 4.78 is 38.8. The van der Waals surface area contributed by atoms with E-state index in [0.717, 1.165) is 24.3 Å². The van der Waals surface area contributed by atoms with Crippen LogP contribution in [0.1, 0.15) is 25.7 Å². The predicted octanol–water partition coefficient (Wildman–Crippen LogP) is 1.80. The van der Waals surface area contributed by atoms with Gasteiger partial charge in [-0.15, -0.1) is 0 Å². The van der Waals surface area contributed by atoms with Crippen LogP contribution >= 0.6 is 0 Å². The number of nitrogens with one attached hydrogen (secondary N) is 3. The summed E-state index contributed by atoms with van der Waals surface area (Å²) >= 11 is 0. The van der Waals surface area contributed by atoms with Crippen LogP contribution < -0.4 is 20.7 Å². The van der Waals surface area contributed by atoms with Crippen molar-refractivity contribution in [3.05, 3.63) is 47.6 Å². The maximum absolute atomic E-state index is 11.9. The molecular weight excluding hydrogens is 456 g/mol. The van der Waals surface area contributed by atoms with Crippen LogP contribution in [-0.4, -0.2) is 55.9 Å². The minimum Gasteiger partial charge on any atom is -0.490 e. The van der Waals surface area contributed by atoms with E-state index < -0.39 is 25.6 Å². The molecule has 0 fully saturated rings. The number of hydrogen-bond acceptors (Lipinski definition) is 8. The Kier molecular flexibility index (Phi) is 11.6. The molecule has 12 nitrogen and oxygen atoms in total. The van der Waals surface area contributed by atoms with E-state index in [2.05, 4.69) is 29.1 Å². The Hall–Kier alpha value is -3.45. The molecule has 33 heavy (non-hydrogen) atoms. The zero-order valence-corrected chi connectivity index (χ0v) is 18.9. The first kappa shape index (κ1) is 27.6. The smallest absolute Gasteiger partial charge is 0.298 e. The highest BCUT2D eigenvalue weighted by Crippen LogP contribution is 2.37. The first-order valence-corrected chi connectivity index (χ1v) is 11.5. The largest absolute Gasteiger partial charge is 0.490 e. The number of hydrogen-bond donors (Lipinski definition) is 4. The van der Waals surface area contributed by atoms with E-state index in [1.54, 1.807) is 0 Å². The van der Waals surface area contributed by atoms with Crippen LogP contribution in [0.15, 0.2) is 42.3 Å². The number of carbonyl (C=O) groups excluding carboxylic acids is 2. The molecule has 0 bridgehead atoms. The molecule has 182 valence electrons. The van der Waals surface area contributed by atoms with E-state index in [-0.39, 0.29) is 29.9 Å². The standard InChI is InChI=1S/C20H28N4O8S/c1-3-18(25)22-10-6-5-9-21-16-13-15(24(27)28)14-17(33(29,30)31)20(16)32-12-8-7-11-23-19(26)4-2/h3-4,13-14,21H,1-2,5-12H2,(H,22,25)(H,23,26)(H,29,30,31). The van der Waals surface area contributed by atoms with Crippen molar-refractivity contribution in [1.82, 2.24) is 10.6 Å². The van der Waals surface area contributed by atoms with Crippen molar-refractivity contribution < 1.29 is 32.2 Å². The van der Waals surface area contributed by atoms with Gasteiger partial charge < -0.3 is 20.7 Å². The van der Waals surface area contributed by atoms with Crippen LogP contribution in [0.2, 0.25) is 0 Å². The maximum atomic E-state index is 11.9. The topological polar surface area (TPSA) is 177 Å². The predicted molar refractivity (Wildman–Crippen MR) is 122 cm³/mol. The van der Waals surface area contributed by atoms with E-state index in [0.29, 0.717) is 45.3 Å². The molecule has 0 heterocycles. The third kappa shape index (κ3) is 10.1. The lowest BCUT2D eigenvalue weighted by molar-refractivity contribution is -0.385. The third-order valence-electron chi connectivity index (χ3n) is 4.23. The lowest BCUT2D eigenvalue weighted by Gasteiger charge is -2.16. The molecule has 0 aliphatic heterocycles. The molecule has 0 aliphatic rings. The fourth-order valence-corrected chi connectivity index (χ4v) is 3.28. The van der Waals surface area contributed by atoms with Gasteiger partial charge in [0.15, 0.2) is 5.75 Å². The van der Waals surface area contributed by atoms with Gasteiger partial charge in [-0.05, 0) is 37.8 Å². The van der Waals surface area contributed by atoms with Gasteiger partial charge in [0.1, 0.15) is 4.90 Å². The Balaban J connectivity index is 2.90. The van der Waals surface area contributed by atoms with Crippen LogP contribution in [0.4, 0.5) is 11.4 Å². The van der Waals surface area contributed by atoms with Crippen molar-refractivity contribution >= 4 is 33.3 Å². The number of amides is 2. The summed E-state index contributed by atoms with van der Waals surface area (Å²) in [5.41, 5.74) is -0.505. The first-order valence-electron chi connectivity index (χ1n) is 10.1. The summed E-state index contributed by atoms with van der Waals surface area (Å²) in [6.07, 6.45) is 4.37. The number of non-ortho nitro benzene ring substituents is 1. The van der Waals surface area contributed by atoms with Crippen LogP contribution in [0.5, 0.6) is 5.75 Å². The summed E-state index contributed by atoms with van der Waals surface area (Å²) in [4.78, 5) is 32.0. The highest BCUT2D eigenvalue weighted by Gasteiger charge is 2.25. The molecule has 2 amide bonds. The number of nitrogens with zero attached hydrogens (tertiary/aromatic N) is 1. The molecule has 0 radical (unpaired) electrons. The van der Waals surface area contributed by atoms with Gasteiger partial charge in [-0.2, -0.15) is 8.42 Å². The van der Waals surface area contributed by atoms with Crippen molar-refractivity contribution in [2.75, 3.05) is 31.6 Å². The van der Waals surface area contributed by atoms with Crippen molar-refractivity contribution in [1.29, 1.82) is 0 Å². The van der Waals surface area contributed by atoms with Crippen LogP contribution in [0.25, 0.3) is 0 Å². The molecule has 4 N–H and O–H groups in total. The van der Waals surface area contributed by atoms with Gasteiger partial charge in [0.25, 0.3) is 15.8 Å². The number of unbranched alkanes of at least 4 members (excludes halogenated alkanes) is 2. The lowest BCUT2D eigenvalue weighted by Crippen LogP contribution is -2.22. The number of carbonyl (C=O) groups is 2. The van der Waals surface area contributed by atoms with E-state index in [1.807, 2.05) is 0 Å². The Morgan fingerprint density at radius 3 is 2.09 bits per heavy atom. The van der Waals surface area contributed by atoms with Crippen molar-refractivity contribution in [2.24, 2.45) is 0 Å². The van der Waals surface area contributed by atoms with Crippen molar-refractivity contribution in [3.63, 3.8) is 0 Å². The van der Waals surface area contributed by atoms with Crippen LogP contribution in [-0.2, 0) is 19.7 Å². The average molecular weight is 485 g/mol. The van der Waals surface area contributed by atoms with Crippen LogP contribution in [0, 0.1) is 10.1 Å². The van der Waals surface area contributed by atoms with E-state index in [9.17, 15) is 32.7 Å². The molecule has 0 saturated carbocycles. The van der Waals surface area contributed by atoms with Gasteiger partial charge in [-0.3, -0.25) is 24.3 Å². The number of rotatable bonds is 16. The number of anilines is 1. The van der Waals surface area contributed by atoms with Gasteiger partial charge in [-0.25, -0.2) is 0 Å². The molecule has 1 aromatic rings. The molecule has 0 aliphatic carbocycles. The zero-order chi connectivity index (χ0) is 24.9. The molecule has 0 aromatic heterocycles. The maximum Gasteiger partial charge on any atom is 0.298 e. The summed E-state index contributed by atoms with van der Waals surface area (Å²) in [5.74, 6) is -0.868. The van der Waals surface area contributed by atoms with E-state index in [1.165, 1.54) is 0 Å². The number of nitro benzene ring substituents is 1. The second-order valence-corrected chi connectivity index (χ2v) is 8.12. The molecule has 0 atom stereocenters. The molecule has 1 rings (SSSR count). The molecule has 0 saturated heterocycles. The van der Waals surface area contributed by atoms with Gasteiger partial charge in [0.2, 0.25) is 11.8 Å². The Morgan fingerprint density at radius 2 is 1.58 bits per heavy atom. The monoisotopic (exact) mass is 484 g/mol. The van der Waals surface area contributed by atoms with E-state index in [4.69, 9.17) is 4.74 Å². The van der Waals surface area contributed by atoms with Crippen molar-refractivity contribution in [3.8, 4) is 5.75 Å². The normalized spacial score (nSPS) is 10.7. The Bertz CT molecular complexity index is 979. The number of benzene rings is 1. The van der Waals surface area contributed by atoms with Crippen LogP contribution in [0.3, 0.4) is 0 Å². The van der Waals surface area contributed by atoms with E-state index >= 15 is 0 Å². The Morgan fingerprint density at radius 1 is 1.03 bits per heavy atom. The first-order chi connectivity index (χ1) is 15.6. The third-order valence-corrected chi connectivity index (χ3v) is 5.09. The summed E-state index contributed by atoms with van der Waals surface area (Å²) in [6, 6.07) is 1.85. The zero-order valence-electron chi connectivity index (χ0n) is 18.0. The summed E-state index contributed by atoms with van der Waals surface area (Å²) in [6.45, 7) is 7.75. The van der Waals surface area contributed by atoms with Crippen molar-refractivity contribution in [2.45, 2.75) is 30.6 Å². The average Bonchev–Trinajstić information content (AvgIpc) is 2.77. The Labute approximate surface area is 192 Å². The second-order valence-electron chi connectivity index (χ2n) is 6.73. The minimum absolute atomic E-state index is 0.0342. The lowest BCUT2D eigenvalue weighted by atomic mass is 10.2. The minimum atomic E-state index is -4.82. The number of ether oxygens (including phenoxy) is 1. The van der Waals surface area contributed by atoms with Gasteiger partial charge in [0.05, 0.1) is 17.2 Å². The highest BCUT2D eigenvalue weighted by atomic mass is 32.2. The quantitative estimate of drug-likeness (QED) is 0.0895. The fourth-order valence-electron chi connectivity index (χ4n) is 2.61. The van der Waals surface area contributed by atoms with Gasteiger partial charge in [-0.1, -0.05) is 13.2 Å². The highest BCUT2D eigenvalue weighted by molar-refractivity contribution is 7.86. The summed E-state index contributed by atoms with van der Waals surface area (Å²) in [5, 5.41) is 19.3.